The van der Waals surface area contributed by atoms with Crippen LogP contribution in [0, 0.1) is 11.8 Å². The average Bonchev–Trinajstić information content (AvgIpc) is 3.32. The van der Waals surface area contributed by atoms with Crippen molar-refractivity contribution >= 4 is 5.91 Å². The second-order valence-electron chi connectivity index (χ2n) is 9.12. The third-order valence-corrected chi connectivity index (χ3v) is 6.92. The van der Waals surface area contributed by atoms with Gasteiger partial charge in [0.15, 0.2) is 0 Å². The summed E-state index contributed by atoms with van der Waals surface area (Å²) in [4.78, 5) is 19.9. The molecule has 1 saturated heterocycles. The molecule has 1 N–H and O–H groups in total. The third kappa shape index (κ3) is 6.07. The largest absolute Gasteiger partial charge is 0.497 e. The number of carbonyl (C=O) groups excluding carboxylic acids is 1. The molecule has 1 saturated carbocycles. The van der Waals surface area contributed by atoms with Crippen LogP contribution in [-0.4, -0.2) is 36.0 Å². The Hall–Kier alpha value is -2.40. The summed E-state index contributed by atoms with van der Waals surface area (Å²) < 4.78 is 5.36. The molecule has 1 amide bonds. The van der Waals surface area contributed by atoms with Crippen LogP contribution in [0.15, 0.2) is 48.7 Å². The lowest BCUT2D eigenvalue weighted by atomic mass is 9.86. The van der Waals surface area contributed by atoms with E-state index in [4.69, 9.17) is 4.74 Å². The van der Waals surface area contributed by atoms with Gasteiger partial charge in [0.2, 0.25) is 5.91 Å². The molecule has 0 bridgehead atoms. The summed E-state index contributed by atoms with van der Waals surface area (Å²) in [6, 6.07) is 14.4. The van der Waals surface area contributed by atoms with Crippen LogP contribution in [0.3, 0.4) is 0 Å². The molecule has 1 atom stereocenters. The van der Waals surface area contributed by atoms with E-state index in [1.807, 2.05) is 24.4 Å². The Balaban J connectivity index is 1.36. The summed E-state index contributed by atoms with van der Waals surface area (Å²) in [6.07, 6.45) is 9.57. The highest BCUT2D eigenvalue weighted by Gasteiger charge is 2.30. The Labute approximate surface area is 186 Å². The number of aromatic nitrogens is 1. The molecule has 2 aliphatic rings. The molecule has 1 aliphatic carbocycles. The van der Waals surface area contributed by atoms with E-state index in [0.29, 0.717) is 18.3 Å². The molecular formula is C26H35N3O2. The number of piperidine rings is 1. The van der Waals surface area contributed by atoms with E-state index < -0.39 is 0 Å². The molecule has 1 aromatic heterocycles. The van der Waals surface area contributed by atoms with Gasteiger partial charge in [-0.05, 0) is 80.4 Å². The van der Waals surface area contributed by atoms with Crippen molar-refractivity contribution in [3.63, 3.8) is 0 Å². The lowest BCUT2D eigenvalue weighted by Crippen LogP contribution is -2.41. The molecule has 0 unspecified atom stereocenters. The number of methoxy groups -OCH3 is 1. The van der Waals surface area contributed by atoms with Gasteiger partial charge in [-0.3, -0.25) is 14.7 Å². The Morgan fingerprint density at radius 1 is 1.13 bits per heavy atom. The second-order valence-corrected chi connectivity index (χ2v) is 9.12. The number of nitrogens with one attached hydrogen (secondary N) is 1. The molecule has 1 aliphatic heterocycles. The van der Waals surface area contributed by atoms with Crippen LogP contribution in [0.5, 0.6) is 5.75 Å². The van der Waals surface area contributed by atoms with Gasteiger partial charge in [-0.1, -0.05) is 31.0 Å². The van der Waals surface area contributed by atoms with Gasteiger partial charge in [0.1, 0.15) is 5.75 Å². The first-order chi connectivity index (χ1) is 15.2. The highest BCUT2D eigenvalue weighted by Crippen LogP contribution is 2.32. The van der Waals surface area contributed by atoms with Gasteiger partial charge < -0.3 is 10.1 Å². The van der Waals surface area contributed by atoms with E-state index in [0.717, 1.165) is 43.9 Å². The average molecular weight is 422 g/mol. The van der Waals surface area contributed by atoms with Crippen molar-refractivity contribution in [1.82, 2.24) is 15.2 Å². The van der Waals surface area contributed by atoms with Crippen molar-refractivity contribution in [1.29, 1.82) is 0 Å². The molecule has 166 valence electrons. The maximum absolute atomic E-state index is 12.8. The van der Waals surface area contributed by atoms with Gasteiger partial charge >= 0.3 is 0 Å². The Kier molecular flexibility index (Phi) is 7.57. The molecule has 1 aromatic carbocycles. The van der Waals surface area contributed by atoms with E-state index in [1.54, 1.807) is 7.11 Å². The first-order valence-electron chi connectivity index (χ1n) is 11.8. The number of likely N-dealkylation sites (tertiary alicyclic amines) is 1. The topological polar surface area (TPSA) is 54.5 Å². The summed E-state index contributed by atoms with van der Waals surface area (Å²) in [5.74, 6) is 2.09. The number of nitrogens with zero attached hydrogens (tertiary/aromatic N) is 2. The van der Waals surface area contributed by atoms with Crippen LogP contribution in [0.2, 0.25) is 0 Å². The molecule has 5 heteroatoms. The maximum atomic E-state index is 12.8. The predicted molar refractivity (Wildman–Crippen MR) is 123 cm³/mol. The Morgan fingerprint density at radius 2 is 1.94 bits per heavy atom. The molecule has 5 nitrogen and oxygen atoms in total. The summed E-state index contributed by atoms with van der Waals surface area (Å²) in [5.41, 5.74) is 2.28. The van der Waals surface area contributed by atoms with E-state index in [2.05, 4.69) is 39.5 Å². The quantitative estimate of drug-likeness (QED) is 0.669. The molecule has 2 heterocycles. The summed E-state index contributed by atoms with van der Waals surface area (Å²) in [5, 5.41) is 3.37. The van der Waals surface area contributed by atoms with E-state index in [-0.39, 0.29) is 11.9 Å². The zero-order chi connectivity index (χ0) is 21.5. The lowest BCUT2D eigenvalue weighted by molar-refractivity contribution is -0.123. The summed E-state index contributed by atoms with van der Waals surface area (Å²) in [7, 11) is 1.71. The zero-order valence-corrected chi connectivity index (χ0v) is 18.6. The van der Waals surface area contributed by atoms with Crippen LogP contribution in [0.4, 0.5) is 0 Å². The molecule has 2 aromatic rings. The van der Waals surface area contributed by atoms with Gasteiger partial charge in [0, 0.05) is 19.2 Å². The minimum atomic E-state index is 0.00840. The summed E-state index contributed by atoms with van der Waals surface area (Å²) in [6.45, 7) is 3.00. The van der Waals surface area contributed by atoms with Crippen LogP contribution in [-0.2, 0) is 11.3 Å². The number of amides is 1. The minimum Gasteiger partial charge on any atom is -0.497 e. The summed E-state index contributed by atoms with van der Waals surface area (Å²) >= 11 is 0. The predicted octanol–water partition coefficient (Wildman–Crippen LogP) is 4.74. The van der Waals surface area contributed by atoms with Crippen molar-refractivity contribution in [3.05, 3.63) is 59.9 Å². The number of pyridine rings is 1. The number of benzene rings is 1. The molecular weight excluding hydrogens is 386 g/mol. The Bertz CT molecular complexity index is 828. The number of hydrogen-bond acceptors (Lipinski definition) is 4. The van der Waals surface area contributed by atoms with Gasteiger partial charge in [-0.2, -0.15) is 0 Å². The number of hydrogen-bond donors (Lipinski definition) is 1. The first kappa shape index (κ1) is 21.8. The van der Waals surface area contributed by atoms with Crippen molar-refractivity contribution < 1.29 is 9.53 Å². The first-order valence-corrected chi connectivity index (χ1v) is 11.8. The molecule has 2 fully saturated rings. The van der Waals surface area contributed by atoms with Crippen LogP contribution in [0.1, 0.15) is 62.2 Å². The van der Waals surface area contributed by atoms with Crippen LogP contribution in [0.25, 0.3) is 0 Å². The van der Waals surface area contributed by atoms with Crippen molar-refractivity contribution in [3.8, 4) is 5.75 Å². The fourth-order valence-corrected chi connectivity index (χ4v) is 5.18. The van der Waals surface area contributed by atoms with Gasteiger partial charge in [-0.25, -0.2) is 0 Å². The Morgan fingerprint density at radius 3 is 2.65 bits per heavy atom. The smallest absolute Gasteiger partial charge is 0.220 e. The molecule has 31 heavy (non-hydrogen) atoms. The van der Waals surface area contributed by atoms with Crippen LogP contribution >= 0.6 is 0 Å². The fraction of sp³-hybridized carbons (Fsp3) is 0.538. The highest BCUT2D eigenvalue weighted by molar-refractivity contribution is 5.76. The number of carbonyl (C=O) groups is 1. The SMILES string of the molecule is COc1cccc(CN2CCC([C@@H](NC(=O)CC3CCCC3)c3ccccn3)CC2)c1. The normalized spacial score (nSPS) is 19.3. The minimum absolute atomic E-state index is 0.00840. The third-order valence-electron chi connectivity index (χ3n) is 6.92. The molecule has 4 rings (SSSR count). The van der Waals surface area contributed by atoms with Gasteiger partial charge in [0.05, 0.1) is 18.8 Å². The maximum Gasteiger partial charge on any atom is 0.220 e. The highest BCUT2D eigenvalue weighted by atomic mass is 16.5. The fourth-order valence-electron chi connectivity index (χ4n) is 5.18. The van der Waals surface area contributed by atoms with Crippen LogP contribution < -0.4 is 10.1 Å². The zero-order valence-electron chi connectivity index (χ0n) is 18.6. The van der Waals surface area contributed by atoms with E-state index in [9.17, 15) is 4.79 Å². The number of rotatable bonds is 8. The van der Waals surface area contributed by atoms with Crippen molar-refractivity contribution in [2.75, 3.05) is 20.2 Å². The molecule has 0 spiro atoms. The van der Waals surface area contributed by atoms with E-state index >= 15 is 0 Å². The van der Waals surface area contributed by atoms with Crippen molar-refractivity contribution in [2.45, 2.75) is 57.5 Å². The van der Waals surface area contributed by atoms with E-state index in [1.165, 1.54) is 31.2 Å². The van der Waals surface area contributed by atoms with Crippen molar-refractivity contribution in [2.24, 2.45) is 11.8 Å². The monoisotopic (exact) mass is 421 g/mol. The lowest BCUT2D eigenvalue weighted by Gasteiger charge is -2.36. The number of ether oxygens (including phenoxy) is 1. The van der Waals surface area contributed by atoms with Gasteiger partial charge in [0.25, 0.3) is 0 Å². The standard InChI is InChI=1S/C26H35N3O2/c1-31-23-10-6-9-21(17-23)19-29-15-12-22(13-16-29)26(24-11-4-5-14-27-24)28-25(30)18-20-7-2-3-8-20/h4-6,9-11,14,17,20,22,26H,2-3,7-8,12-13,15-16,18-19H2,1H3,(H,28,30)/t26-/m1/s1. The molecule has 0 radical (unpaired) electrons. The second kappa shape index (κ2) is 10.8. The van der Waals surface area contributed by atoms with Gasteiger partial charge in [-0.15, -0.1) is 0 Å².